The minimum absolute atomic E-state index is 0.0337. The standard InChI is InChI=1S/C29H31F2N3O4S/c1-19-3-5-21(6-4-19)24-11-14-33(18-24)29(35)23-12-15-34(16-13-23)39(36,37)28-20(2)32-38-27(28)10-8-22-7-9-25(30)17-26(22)31/h3-10,17,23-24H,11-16,18H2,1-2H3/b10-8+/t24-/m1/s1. The number of hydrogen-bond donors (Lipinski definition) is 0. The third-order valence-electron chi connectivity index (χ3n) is 7.66. The van der Waals surface area contributed by atoms with Crippen molar-refractivity contribution < 1.29 is 26.5 Å². The largest absolute Gasteiger partial charge is 0.355 e. The number of carbonyl (C=O) groups is 1. The van der Waals surface area contributed by atoms with Crippen LogP contribution in [0.1, 0.15) is 53.3 Å². The monoisotopic (exact) mass is 555 g/mol. The summed E-state index contributed by atoms with van der Waals surface area (Å²) in [4.78, 5) is 15.1. The van der Waals surface area contributed by atoms with Crippen LogP contribution in [-0.4, -0.2) is 54.9 Å². The number of sulfonamides is 1. The molecule has 1 atom stereocenters. The van der Waals surface area contributed by atoms with Crippen molar-refractivity contribution in [1.29, 1.82) is 0 Å². The molecule has 2 saturated heterocycles. The molecular weight excluding hydrogens is 524 g/mol. The first-order chi connectivity index (χ1) is 18.6. The molecule has 0 aliphatic carbocycles. The molecule has 1 aromatic heterocycles. The van der Waals surface area contributed by atoms with Crippen LogP contribution in [0.4, 0.5) is 8.78 Å². The second-order valence-electron chi connectivity index (χ2n) is 10.3. The Hall–Kier alpha value is -3.37. The van der Waals surface area contributed by atoms with Crippen LogP contribution in [0.25, 0.3) is 12.2 Å². The third-order valence-corrected chi connectivity index (χ3v) is 9.72. The Balaban J connectivity index is 1.23. The Labute approximate surface area is 227 Å². The fourth-order valence-corrected chi connectivity index (χ4v) is 7.12. The maximum Gasteiger partial charge on any atom is 0.248 e. The highest BCUT2D eigenvalue weighted by molar-refractivity contribution is 7.89. The van der Waals surface area contributed by atoms with Crippen LogP contribution in [0, 0.1) is 31.4 Å². The number of likely N-dealkylation sites (tertiary alicyclic amines) is 1. The number of hydrogen-bond acceptors (Lipinski definition) is 5. The van der Waals surface area contributed by atoms with Crippen LogP contribution in [0.2, 0.25) is 0 Å². The highest BCUT2D eigenvalue weighted by Gasteiger charge is 2.38. The molecule has 3 aromatic rings. The van der Waals surface area contributed by atoms with Gasteiger partial charge in [-0.2, -0.15) is 4.31 Å². The van der Waals surface area contributed by atoms with E-state index in [-0.39, 0.29) is 46.8 Å². The second-order valence-corrected chi connectivity index (χ2v) is 12.2. The van der Waals surface area contributed by atoms with Crippen molar-refractivity contribution in [3.05, 3.63) is 82.2 Å². The van der Waals surface area contributed by atoms with E-state index in [1.807, 2.05) is 4.90 Å². The molecule has 0 radical (unpaired) electrons. The molecule has 2 aliphatic rings. The molecule has 7 nitrogen and oxygen atoms in total. The van der Waals surface area contributed by atoms with E-state index in [0.29, 0.717) is 31.8 Å². The van der Waals surface area contributed by atoms with E-state index in [1.54, 1.807) is 0 Å². The van der Waals surface area contributed by atoms with E-state index >= 15 is 0 Å². The van der Waals surface area contributed by atoms with E-state index in [2.05, 4.69) is 36.3 Å². The van der Waals surface area contributed by atoms with E-state index in [9.17, 15) is 22.0 Å². The zero-order valence-electron chi connectivity index (χ0n) is 21.9. The maximum atomic E-state index is 14.0. The zero-order chi connectivity index (χ0) is 27.7. The number of nitrogens with zero attached hydrogens (tertiary/aromatic N) is 3. The molecule has 10 heteroatoms. The van der Waals surface area contributed by atoms with Crippen molar-refractivity contribution in [2.75, 3.05) is 26.2 Å². The van der Waals surface area contributed by atoms with Crippen molar-refractivity contribution in [3.63, 3.8) is 0 Å². The van der Waals surface area contributed by atoms with Crippen molar-refractivity contribution in [2.45, 2.75) is 43.9 Å². The second kappa shape index (κ2) is 11.0. The molecule has 0 N–H and O–H groups in total. The van der Waals surface area contributed by atoms with Crippen LogP contribution in [-0.2, 0) is 14.8 Å². The van der Waals surface area contributed by atoms with Crippen LogP contribution in [0.15, 0.2) is 51.9 Å². The summed E-state index contributed by atoms with van der Waals surface area (Å²) in [6.45, 7) is 5.38. The molecule has 2 aromatic carbocycles. The van der Waals surface area contributed by atoms with Crippen molar-refractivity contribution in [3.8, 4) is 0 Å². The Morgan fingerprint density at radius 2 is 1.72 bits per heavy atom. The molecule has 0 bridgehead atoms. The zero-order valence-corrected chi connectivity index (χ0v) is 22.8. The molecule has 2 aliphatic heterocycles. The van der Waals surface area contributed by atoms with Crippen molar-refractivity contribution >= 4 is 28.1 Å². The van der Waals surface area contributed by atoms with Gasteiger partial charge in [-0.3, -0.25) is 4.79 Å². The van der Waals surface area contributed by atoms with Gasteiger partial charge in [0.1, 0.15) is 17.3 Å². The lowest BCUT2D eigenvalue weighted by Crippen LogP contribution is -2.44. The Bertz CT molecular complexity index is 1490. The van der Waals surface area contributed by atoms with Crippen molar-refractivity contribution in [2.24, 2.45) is 5.92 Å². The lowest BCUT2D eigenvalue weighted by atomic mass is 9.96. The molecule has 1 amide bonds. The summed E-state index contributed by atoms with van der Waals surface area (Å²) >= 11 is 0. The van der Waals surface area contributed by atoms with E-state index in [4.69, 9.17) is 4.52 Å². The quantitative estimate of drug-likeness (QED) is 0.420. The number of benzene rings is 2. The SMILES string of the molecule is Cc1ccc([C@@H]2CCN(C(=O)C3CCN(S(=O)(=O)c4c(C)noc4/C=C/c4ccc(F)cc4F)CC3)C2)cc1. The highest BCUT2D eigenvalue weighted by Crippen LogP contribution is 2.32. The number of piperidine rings is 1. The molecular formula is C29H31F2N3O4S. The number of rotatable bonds is 6. The molecule has 0 spiro atoms. The van der Waals surface area contributed by atoms with Crippen LogP contribution < -0.4 is 0 Å². The topological polar surface area (TPSA) is 83.7 Å². The van der Waals surface area contributed by atoms with E-state index in [1.165, 1.54) is 40.6 Å². The smallest absolute Gasteiger partial charge is 0.248 e. The third kappa shape index (κ3) is 5.67. The first-order valence-corrected chi connectivity index (χ1v) is 14.5. The first-order valence-electron chi connectivity index (χ1n) is 13.1. The summed E-state index contributed by atoms with van der Waals surface area (Å²) in [7, 11) is -3.97. The van der Waals surface area contributed by atoms with Gasteiger partial charge in [0, 0.05) is 49.6 Å². The van der Waals surface area contributed by atoms with Crippen LogP contribution >= 0.6 is 0 Å². The van der Waals surface area contributed by atoms with Gasteiger partial charge < -0.3 is 9.42 Å². The summed E-state index contributed by atoms with van der Waals surface area (Å²) in [6, 6.07) is 11.6. The van der Waals surface area contributed by atoms with Gasteiger partial charge in [0.2, 0.25) is 15.9 Å². The van der Waals surface area contributed by atoms with Gasteiger partial charge >= 0.3 is 0 Å². The van der Waals surface area contributed by atoms with Crippen molar-refractivity contribution in [1.82, 2.24) is 14.4 Å². The number of halogens is 2. The normalized spacial score (nSPS) is 19.3. The number of carbonyl (C=O) groups excluding carboxylic acids is 1. The summed E-state index contributed by atoms with van der Waals surface area (Å²) in [5, 5.41) is 3.81. The lowest BCUT2D eigenvalue weighted by Gasteiger charge is -2.32. The molecule has 3 heterocycles. The molecule has 2 fully saturated rings. The maximum absolute atomic E-state index is 14.0. The molecule has 39 heavy (non-hydrogen) atoms. The number of aromatic nitrogens is 1. The molecule has 0 unspecified atom stereocenters. The predicted octanol–water partition coefficient (Wildman–Crippen LogP) is 5.16. The van der Waals surface area contributed by atoms with Crippen LogP contribution in [0.3, 0.4) is 0 Å². The van der Waals surface area contributed by atoms with Gasteiger partial charge in [0.05, 0.1) is 0 Å². The van der Waals surface area contributed by atoms with Gasteiger partial charge in [-0.15, -0.1) is 0 Å². The minimum Gasteiger partial charge on any atom is -0.355 e. The predicted molar refractivity (Wildman–Crippen MR) is 143 cm³/mol. The summed E-state index contributed by atoms with van der Waals surface area (Å²) in [6.07, 6.45) is 4.42. The van der Waals surface area contributed by atoms with Crippen LogP contribution in [0.5, 0.6) is 0 Å². The average molecular weight is 556 g/mol. The summed E-state index contributed by atoms with van der Waals surface area (Å²) in [5.41, 5.74) is 2.72. The molecule has 206 valence electrons. The number of amides is 1. The fraction of sp³-hybridized carbons (Fsp3) is 0.379. The van der Waals surface area contributed by atoms with Gasteiger partial charge in [0.25, 0.3) is 0 Å². The highest BCUT2D eigenvalue weighted by atomic mass is 32.2. The first kappa shape index (κ1) is 27.2. The molecule has 0 saturated carbocycles. The lowest BCUT2D eigenvalue weighted by molar-refractivity contribution is -0.135. The average Bonchev–Trinajstić information content (AvgIpc) is 3.56. The van der Waals surface area contributed by atoms with E-state index < -0.39 is 21.7 Å². The van der Waals surface area contributed by atoms with Gasteiger partial charge in [-0.1, -0.05) is 35.0 Å². The van der Waals surface area contributed by atoms with E-state index in [0.717, 1.165) is 18.6 Å². The fourth-order valence-electron chi connectivity index (χ4n) is 5.40. The van der Waals surface area contributed by atoms with Gasteiger partial charge in [-0.25, -0.2) is 17.2 Å². The van der Waals surface area contributed by atoms with Gasteiger partial charge in [0.15, 0.2) is 10.7 Å². The number of aryl methyl sites for hydroxylation is 2. The van der Waals surface area contributed by atoms with Gasteiger partial charge in [-0.05, 0) is 63.0 Å². The Kier molecular flexibility index (Phi) is 7.68. The minimum atomic E-state index is -3.97. The summed E-state index contributed by atoms with van der Waals surface area (Å²) < 4.78 is 60.9. The summed E-state index contributed by atoms with van der Waals surface area (Å²) in [5.74, 6) is -1.33. The Morgan fingerprint density at radius 1 is 1.00 bits per heavy atom. The molecule has 5 rings (SSSR count). The Morgan fingerprint density at radius 3 is 2.41 bits per heavy atom.